The van der Waals surface area contributed by atoms with E-state index in [0.717, 1.165) is 0 Å². The zero-order valence-electron chi connectivity index (χ0n) is 7.42. The lowest BCUT2D eigenvalue weighted by atomic mass is 10.8. The van der Waals surface area contributed by atoms with E-state index in [1.54, 1.807) is 6.92 Å². The van der Waals surface area contributed by atoms with Gasteiger partial charge in [0.1, 0.15) is 0 Å². The molecule has 1 N–H and O–H groups in total. The van der Waals surface area contributed by atoms with Crippen LogP contribution >= 0.6 is 34.8 Å². The van der Waals surface area contributed by atoms with Crippen LogP contribution in [0.2, 0.25) is 0 Å². The van der Waals surface area contributed by atoms with Crippen molar-refractivity contribution in [1.82, 2.24) is 0 Å². The van der Waals surface area contributed by atoms with Crippen molar-refractivity contribution in [3.63, 3.8) is 0 Å². The number of esters is 1. The normalized spacial score (nSPS) is 9.50. The van der Waals surface area contributed by atoms with E-state index in [1.165, 1.54) is 6.92 Å². The molecule has 8 heteroatoms. The van der Waals surface area contributed by atoms with E-state index in [9.17, 15) is 9.59 Å². The van der Waals surface area contributed by atoms with Gasteiger partial charge in [-0.1, -0.05) is 0 Å². The van der Waals surface area contributed by atoms with Gasteiger partial charge in [-0.05, 0) is 41.7 Å². The van der Waals surface area contributed by atoms with Gasteiger partial charge in [-0.25, -0.2) is 4.79 Å². The van der Waals surface area contributed by atoms with Gasteiger partial charge < -0.3 is 14.6 Å². The summed E-state index contributed by atoms with van der Waals surface area (Å²) >= 11 is 14.6. The Hall–Kier alpha value is -0.390. The first-order valence-corrected chi connectivity index (χ1v) is 4.44. The minimum Gasteiger partial charge on any atom is -0.466 e. The molecule has 84 valence electrons. The molecule has 0 saturated carbocycles. The maximum Gasteiger partial charge on any atom is 0.509 e. The maximum absolute atomic E-state index is 9.82. The van der Waals surface area contributed by atoms with Crippen molar-refractivity contribution < 1.29 is 24.2 Å². The second-order valence-electron chi connectivity index (χ2n) is 1.74. The Balaban J connectivity index is 0. The van der Waals surface area contributed by atoms with Crippen molar-refractivity contribution >= 4 is 46.9 Å². The molecule has 14 heavy (non-hydrogen) atoms. The molecule has 0 heterocycles. The van der Waals surface area contributed by atoms with Gasteiger partial charge in [-0.2, -0.15) is 0 Å². The topological polar surface area (TPSA) is 72.8 Å². The van der Waals surface area contributed by atoms with Crippen LogP contribution in [0.3, 0.4) is 0 Å². The fraction of sp³-hybridized carbons (Fsp3) is 0.667. The number of halogens is 3. The smallest absolute Gasteiger partial charge is 0.466 e. The average molecular weight is 267 g/mol. The van der Waals surface area contributed by atoms with Crippen LogP contribution in [0, 0.1) is 0 Å². The zero-order valence-corrected chi connectivity index (χ0v) is 9.69. The third-order valence-corrected chi connectivity index (χ3v) is 0.782. The van der Waals surface area contributed by atoms with E-state index >= 15 is 0 Å². The molecule has 0 aromatic heterocycles. The molecule has 0 aromatic carbocycles. The number of hydrogen-bond donors (Lipinski definition) is 1. The molecule has 0 unspecified atom stereocenters. The third-order valence-electron chi connectivity index (χ3n) is 0.551. The van der Waals surface area contributed by atoms with Crippen LogP contribution in [0.4, 0.5) is 4.79 Å². The summed E-state index contributed by atoms with van der Waals surface area (Å²) in [6, 6.07) is 0. The Kier molecular flexibility index (Phi) is 9.13. The van der Waals surface area contributed by atoms with E-state index in [1.807, 2.05) is 0 Å². The molecule has 0 radical (unpaired) electrons. The predicted molar refractivity (Wildman–Crippen MR) is 51.7 cm³/mol. The summed E-state index contributed by atoms with van der Waals surface area (Å²) in [4.78, 5) is 19.4. The molecule has 0 amide bonds. The lowest BCUT2D eigenvalue weighted by molar-refractivity contribution is -0.140. The Morgan fingerprint density at radius 1 is 1.36 bits per heavy atom. The van der Waals surface area contributed by atoms with Crippen molar-refractivity contribution in [2.45, 2.75) is 17.8 Å². The van der Waals surface area contributed by atoms with Gasteiger partial charge in [0.05, 0.1) is 6.61 Å². The number of carbonyl (C=O) groups is 2. The van der Waals surface area contributed by atoms with Gasteiger partial charge in [0.25, 0.3) is 0 Å². The van der Waals surface area contributed by atoms with Crippen LogP contribution < -0.4 is 0 Å². The summed E-state index contributed by atoms with van der Waals surface area (Å²) in [6.07, 6.45) is -1.62. The number of ether oxygens (including phenoxy) is 2. The Bertz CT molecular complexity index is 188. The van der Waals surface area contributed by atoms with Crippen LogP contribution in [-0.4, -0.2) is 27.8 Å². The van der Waals surface area contributed by atoms with Gasteiger partial charge in [-0.15, -0.1) is 0 Å². The van der Waals surface area contributed by atoms with Crippen molar-refractivity contribution in [1.29, 1.82) is 0 Å². The molecule has 0 aliphatic carbocycles. The summed E-state index contributed by atoms with van der Waals surface area (Å²) in [7, 11) is 0. The monoisotopic (exact) mass is 266 g/mol. The van der Waals surface area contributed by atoms with Crippen molar-refractivity contribution in [2.75, 3.05) is 6.61 Å². The molecule has 0 aromatic rings. The van der Waals surface area contributed by atoms with Crippen molar-refractivity contribution in [3.8, 4) is 0 Å². The highest BCUT2D eigenvalue weighted by molar-refractivity contribution is 6.66. The number of carboxylic acid groups (broad SMARTS) is 1. The fourth-order valence-corrected chi connectivity index (χ4v) is 0.500. The number of alkyl halides is 3. The van der Waals surface area contributed by atoms with Crippen LogP contribution in [0.25, 0.3) is 0 Å². The fourth-order valence-electron chi connectivity index (χ4n) is 0.302. The largest absolute Gasteiger partial charge is 0.509 e. The van der Waals surface area contributed by atoms with Crippen molar-refractivity contribution in [2.24, 2.45) is 0 Å². The summed E-state index contributed by atoms with van der Waals surface area (Å²) in [6.45, 7) is 3.65. The first-order valence-electron chi connectivity index (χ1n) is 3.31. The highest BCUT2D eigenvalue weighted by atomic mass is 35.6. The number of hydrogen-bond acceptors (Lipinski definition) is 4. The first kappa shape index (κ1) is 16.1. The van der Waals surface area contributed by atoms with Gasteiger partial charge in [0.15, 0.2) is 0 Å². The molecule has 0 atom stereocenters. The second-order valence-corrected chi connectivity index (χ2v) is 3.92. The van der Waals surface area contributed by atoms with E-state index < -0.39 is 10.1 Å². The van der Waals surface area contributed by atoms with E-state index in [-0.39, 0.29) is 5.97 Å². The van der Waals surface area contributed by atoms with Crippen LogP contribution in [-0.2, 0) is 14.3 Å². The van der Waals surface area contributed by atoms with Crippen LogP contribution in [0.15, 0.2) is 0 Å². The highest BCUT2D eigenvalue weighted by Gasteiger charge is 2.24. The lowest BCUT2D eigenvalue weighted by Gasteiger charge is -2.06. The average Bonchev–Trinajstić information content (AvgIpc) is 1.80. The Morgan fingerprint density at radius 2 is 1.79 bits per heavy atom. The Morgan fingerprint density at radius 3 is 1.79 bits per heavy atom. The van der Waals surface area contributed by atoms with Crippen LogP contribution in [0.5, 0.6) is 0 Å². The van der Waals surface area contributed by atoms with Gasteiger partial charge in [0.2, 0.25) is 0 Å². The van der Waals surface area contributed by atoms with Crippen molar-refractivity contribution in [3.05, 3.63) is 0 Å². The Labute approximate surface area is 95.8 Å². The third kappa shape index (κ3) is 22.6. The molecule has 0 fully saturated rings. The molecule has 0 bridgehead atoms. The summed E-state index contributed by atoms with van der Waals surface area (Å²) in [5.74, 6) is -0.211. The minimum atomic E-state index is -2.16. The van der Waals surface area contributed by atoms with E-state index in [2.05, 4.69) is 9.47 Å². The highest BCUT2D eigenvalue weighted by Crippen LogP contribution is 2.26. The molecule has 5 nitrogen and oxygen atoms in total. The SMILES string of the molecule is CCOC(C)=O.O=C(O)OC(Cl)(Cl)Cl. The minimum absolute atomic E-state index is 0.211. The van der Waals surface area contributed by atoms with Gasteiger partial charge in [0, 0.05) is 6.92 Å². The predicted octanol–water partition coefficient (Wildman–Crippen LogP) is 2.58. The summed E-state index contributed by atoms with van der Waals surface area (Å²) < 4.78 is 5.89. The standard InChI is InChI=1S/C4H8O2.C2HCl3O3/c1-3-6-4(2)5;3-2(4,5)8-1(6)7/h3H2,1-2H3;(H,6,7). The van der Waals surface area contributed by atoms with E-state index in [0.29, 0.717) is 6.61 Å². The lowest BCUT2D eigenvalue weighted by Crippen LogP contribution is -2.13. The second kappa shape index (κ2) is 7.96. The summed E-state index contributed by atoms with van der Waals surface area (Å²) in [5, 5.41) is 7.77. The molecule has 0 aliphatic heterocycles. The number of carbonyl (C=O) groups excluding carboxylic acids is 1. The molecular weight excluding hydrogens is 258 g/mol. The quantitative estimate of drug-likeness (QED) is 0.584. The zero-order chi connectivity index (χ0) is 11.8. The van der Waals surface area contributed by atoms with Crippen LogP contribution in [0.1, 0.15) is 13.8 Å². The molecule has 0 saturated heterocycles. The first-order chi connectivity index (χ1) is 6.19. The number of rotatable bonds is 1. The molecule has 0 aliphatic rings. The molecular formula is C6H9Cl3O5. The molecule has 0 rings (SSSR count). The molecule has 0 spiro atoms. The summed E-state index contributed by atoms with van der Waals surface area (Å²) in [5.41, 5.74) is 0. The van der Waals surface area contributed by atoms with Gasteiger partial charge in [-0.3, -0.25) is 4.79 Å². The van der Waals surface area contributed by atoms with E-state index in [4.69, 9.17) is 39.9 Å². The maximum atomic E-state index is 9.82. The van der Waals surface area contributed by atoms with Gasteiger partial charge >= 0.3 is 16.1 Å².